The normalized spacial score (nSPS) is 11.8. The Morgan fingerprint density at radius 2 is 1.92 bits per heavy atom. The molecule has 0 bridgehead atoms. The van der Waals surface area contributed by atoms with Gasteiger partial charge in [-0.25, -0.2) is 0 Å². The molecule has 0 aromatic heterocycles. The fourth-order valence-electron chi connectivity index (χ4n) is 1.14. The molecule has 0 fully saturated rings. The van der Waals surface area contributed by atoms with Crippen LogP contribution in [0.25, 0.3) is 0 Å². The summed E-state index contributed by atoms with van der Waals surface area (Å²) in [6.45, 7) is 4.64. The molecule has 1 nitrogen and oxygen atoms in total. The van der Waals surface area contributed by atoms with Crippen molar-refractivity contribution < 1.29 is 0 Å². The average Bonchev–Trinajstić information content (AvgIpc) is 2.09. The first-order valence-electron chi connectivity index (χ1n) is 4.13. The lowest BCUT2D eigenvalue weighted by Crippen LogP contribution is -2.28. The van der Waals surface area contributed by atoms with Crippen LogP contribution in [0.1, 0.15) is 19.4 Å². The van der Waals surface area contributed by atoms with Crippen LogP contribution in [-0.2, 0) is 5.41 Å². The summed E-state index contributed by atoms with van der Waals surface area (Å²) >= 11 is 12.0. The third-order valence-electron chi connectivity index (χ3n) is 2.19. The quantitative estimate of drug-likeness (QED) is 0.810. The van der Waals surface area contributed by atoms with Gasteiger partial charge in [-0.05, 0) is 11.6 Å². The van der Waals surface area contributed by atoms with Crippen LogP contribution in [0.2, 0.25) is 10.0 Å². The van der Waals surface area contributed by atoms with Crippen molar-refractivity contribution in [3.63, 3.8) is 0 Å². The van der Waals surface area contributed by atoms with Crippen molar-refractivity contribution in [1.29, 1.82) is 0 Å². The largest absolute Gasteiger partial charge is 0.330 e. The average molecular weight is 218 g/mol. The molecule has 0 saturated heterocycles. The van der Waals surface area contributed by atoms with Gasteiger partial charge in [0.15, 0.2) is 0 Å². The molecule has 1 aromatic carbocycles. The maximum atomic E-state index is 6.07. The maximum absolute atomic E-state index is 6.07. The van der Waals surface area contributed by atoms with Gasteiger partial charge in [0.25, 0.3) is 0 Å². The van der Waals surface area contributed by atoms with E-state index in [0.29, 0.717) is 16.6 Å². The molecular weight excluding hydrogens is 205 g/mol. The highest BCUT2D eigenvalue weighted by atomic mass is 35.5. The van der Waals surface area contributed by atoms with E-state index in [1.54, 1.807) is 6.07 Å². The zero-order chi connectivity index (χ0) is 10.1. The van der Waals surface area contributed by atoms with Crippen molar-refractivity contribution in [3.05, 3.63) is 33.8 Å². The van der Waals surface area contributed by atoms with E-state index >= 15 is 0 Å². The highest BCUT2D eigenvalue weighted by molar-refractivity contribution is 6.42. The van der Waals surface area contributed by atoms with Gasteiger partial charge in [-0.3, -0.25) is 0 Å². The lowest BCUT2D eigenvalue weighted by Gasteiger charge is -2.24. The molecule has 2 N–H and O–H groups in total. The molecular formula is C10H13Cl2N. The topological polar surface area (TPSA) is 26.0 Å². The van der Waals surface area contributed by atoms with Gasteiger partial charge >= 0.3 is 0 Å². The van der Waals surface area contributed by atoms with Gasteiger partial charge in [-0.15, -0.1) is 0 Å². The van der Waals surface area contributed by atoms with E-state index in [2.05, 4.69) is 0 Å². The Labute approximate surface area is 88.8 Å². The molecule has 0 heterocycles. The van der Waals surface area contributed by atoms with Gasteiger partial charge in [0.05, 0.1) is 10.0 Å². The lowest BCUT2D eigenvalue weighted by atomic mass is 9.85. The molecule has 3 heteroatoms. The number of hydrogen-bond acceptors (Lipinski definition) is 1. The third-order valence-corrected chi connectivity index (χ3v) is 3.01. The molecule has 1 aromatic rings. The Balaban J connectivity index is 3.22. The van der Waals surface area contributed by atoms with Gasteiger partial charge in [-0.2, -0.15) is 0 Å². The highest BCUT2D eigenvalue weighted by Gasteiger charge is 2.22. The Morgan fingerprint density at radius 1 is 1.31 bits per heavy atom. The maximum Gasteiger partial charge on any atom is 0.0630 e. The Morgan fingerprint density at radius 3 is 2.46 bits per heavy atom. The SMILES string of the molecule is CC(C)(CN)c1cccc(Cl)c1Cl. The number of benzene rings is 1. The minimum atomic E-state index is -0.123. The Hall–Kier alpha value is -0.240. The number of halogens is 2. The van der Waals surface area contributed by atoms with Crippen LogP contribution in [0.5, 0.6) is 0 Å². The third kappa shape index (κ3) is 2.16. The van der Waals surface area contributed by atoms with Crippen LogP contribution in [0, 0.1) is 0 Å². The van der Waals surface area contributed by atoms with Crippen LogP contribution in [0.3, 0.4) is 0 Å². The van der Waals surface area contributed by atoms with Crippen molar-refractivity contribution >= 4 is 23.2 Å². The summed E-state index contributed by atoms with van der Waals surface area (Å²) < 4.78 is 0. The summed E-state index contributed by atoms with van der Waals surface area (Å²) in [5.74, 6) is 0. The summed E-state index contributed by atoms with van der Waals surface area (Å²) in [4.78, 5) is 0. The second-order valence-electron chi connectivity index (χ2n) is 3.69. The van der Waals surface area contributed by atoms with Crippen molar-refractivity contribution in [2.24, 2.45) is 5.73 Å². The predicted octanol–water partition coefficient (Wildman–Crippen LogP) is 3.23. The van der Waals surface area contributed by atoms with E-state index in [4.69, 9.17) is 28.9 Å². The molecule has 0 aliphatic carbocycles. The van der Waals surface area contributed by atoms with Crippen LogP contribution in [0.4, 0.5) is 0 Å². The van der Waals surface area contributed by atoms with Gasteiger partial charge in [0.2, 0.25) is 0 Å². The lowest BCUT2D eigenvalue weighted by molar-refractivity contribution is 0.539. The summed E-state index contributed by atoms with van der Waals surface area (Å²) in [6.07, 6.45) is 0. The molecule has 0 aliphatic rings. The van der Waals surface area contributed by atoms with Gasteiger partial charge < -0.3 is 5.73 Å². The number of hydrogen-bond donors (Lipinski definition) is 1. The smallest absolute Gasteiger partial charge is 0.0630 e. The fraction of sp³-hybridized carbons (Fsp3) is 0.400. The Kier molecular flexibility index (Phi) is 3.23. The predicted molar refractivity (Wildman–Crippen MR) is 58.5 cm³/mol. The molecule has 0 aliphatic heterocycles. The summed E-state index contributed by atoms with van der Waals surface area (Å²) in [6, 6.07) is 5.63. The molecule has 0 spiro atoms. The van der Waals surface area contributed by atoms with Crippen LogP contribution < -0.4 is 5.73 Å². The number of nitrogens with two attached hydrogens (primary N) is 1. The van der Waals surface area contributed by atoms with Gasteiger partial charge in [0, 0.05) is 12.0 Å². The van der Waals surface area contributed by atoms with Crippen molar-refractivity contribution in [1.82, 2.24) is 0 Å². The summed E-state index contributed by atoms with van der Waals surface area (Å²) in [5.41, 5.74) is 6.54. The first-order chi connectivity index (χ1) is 5.99. The van der Waals surface area contributed by atoms with E-state index in [9.17, 15) is 0 Å². The van der Waals surface area contributed by atoms with E-state index in [1.807, 2.05) is 26.0 Å². The Bertz CT molecular complexity index is 308. The van der Waals surface area contributed by atoms with Crippen LogP contribution >= 0.6 is 23.2 Å². The second-order valence-corrected chi connectivity index (χ2v) is 4.47. The highest BCUT2D eigenvalue weighted by Crippen LogP contribution is 2.33. The minimum Gasteiger partial charge on any atom is -0.330 e. The second kappa shape index (κ2) is 3.87. The van der Waals surface area contributed by atoms with E-state index in [0.717, 1.165) is 5.56 Å². The minimum absolute atomic E-state index is 0.123. The molecule has 0 saturated carbocycles. The summed E-state index contributed by atoms with van der Waals surface area (Å²) in [5, 5.41) is 1.19. The molecule has 72 valence electrons. The monoisotopic (exact) mass is 217 g/mol. The number of rotatable bonds is 2. The first kappa shape index (κ1) is 10.8. The van der Waals surface area contributed by atoms with Crippen LogP contribution in [-0.4, -0.2) is 6.54 Å². The molecule has 0 atom stereocenters. The molecule has 0 unspecified atom stereocenters. The molecule has 1 rings (SSSR count). The molecule has 13 heavy (non-hydrogen) atoms. The van der Waals surface area contributed by atoms with E-state index in [1.165, 1.54) is 0 Å². The molecule has 0 amide bonds. The van der Waals surface area contributed by atoms with Gasteiger partial charge in [0.1, 0.15) is 0 Å². The zero-order valence-corrected chi connectivity index (χ0v) is 9.28. The van der Waals surface area contributed by atoms with Crippen molar-refractivity contribution in [3.8, 4) is 0 Å². The van der Waals surface area contributed by atoms with Crippen LogP contribution in [0.15, 0.2) is 18.2 Å². The van der Waals surface area contributed by atoms with E-state index in [-0.39, 0.29) is 5.41 Å². The van der Waals surface area contributed by atoms with E-state index < -0.39 is 0 Å². The zero-order valence-electron chi connectivity index (χ0n) is 7.77. The van der Waals surface area contributed by atoms with Crippen molar-refractivity contribution in [2.75, 3.05) is 6.54 Å². The first-order valence-corrected chi connectivity index (χ1v) is 4.89. The van der Waals surface area contributed by atoms with Gasteiger partial charge in [-0.1, -0.05) is 49.2 Å². The van der Waals surface area contributed by atoms with Crippen molar-refractivity contribution in [2.45, 2.75) is 19.3 Å². The standard InChI is InChI=1S/C10H13Cl2N/c1-10(2,6-13)7-4-3-5-8(11)9(7)12/h3-5H,6,13H2,1-2H3. The molecule has 0 radical (unpaired) electrons. The fourth-order valence-corrected chi connectivity index (χ4v) is 1.69. The summed E-state index contributed by atoms with van der Waals surface area (Å²) in [7, 11) is 0.